The van der Waals surface area contributed by atoms with E-state index in [-0.39, 0.29) is 11.6 Å². The van der Waals surface area contributed by atoms with Crippen LogP contribution in [0.15, 0.2) is 42.0 Å². The third-order valence-electron chi connectivity index (χ3n) is 3.35. The minimum Gasteiger partial charge on any atom is -0.353 e. The lowest BCUT2D eigenvalue weighted by Crippen LogP contribution is -2.24. The van der Waals surface area contributed by atoms with Crippen LogP contribution in [0.1, 0.15) is 28.0 Å². The lowest BCUT2D eigenvalue weighted by Gasteiger charge is -2.11. The number of aromatic nitrogens is 1. The number of pyridine rings is 1. The summed E-state index contributed by atoms with van der Waals surface area (Å²) in [5.74, 6) is 1.52. The van der Waals surface area contributed by atoms with Crippen LogP contribution in [0, 0.1) is 0 Å². The van der Waals surface area contributed by atoms with Crippen molar-refractivity contribution >= 4 is 11.8 Å². The van der Waals surface area contributed by atoms with Crippen molar-refractivity contribution in [2.45, 2.75) is 19.3 Å². The van der Waals surface area contributed by atoms with Crippen molar-refractivity contribution in [1.82, 2.24) is 15.6 Å². The van der Waals surface area contributed by atoms with Crippen molar-refractivity contribution in [3.8, 4) is 0 Å². The number of allylic oxidation sites excluding steroid dienone is 2. The predicted molar refractivity (Wildman–Crippen MR) is 73.3 cm³/mol. The second kappa shape index (κ2) is 5.15. The van der Waals surface area contributed by atoms with E-state index >= 15 is 0 Å². The normalized spacial score (nSPS) is 16.0. The molecule has 0 radical (unpaired) electrons. The minimum atomic E-state index is -0.227. The number of nitrogens with zero attached hydrogens (tertiary/aromatic N) is 1. The summed E-state index contributed by atoms with van der Waals surface area (Å²) in [4.78, 5) is 27.0. The Morgan fingerprint density at radius 1 is 1.40 bits per heavy atom. The number of amides is 1. The molecule has 0 atom stereocenters. The summed E-state index contributed by atoms with van der Waals surface area (Å²) in [5, 5.41) is 5.46. The molecule has 1 aromatic rings. The molecule has 100 valence electrons. The van der Waals surface area contributed by atoms with Gasteiger partial charge in [-0.2, -0.15) is 0 Å². The van der Waals surface area contributed by atoms with Gasteiger partial charge >= 0.3 is 0 Å². The Labute approximate surface area is 116 Å². The highest BCUT2D eigenvalue weighted by molar-refractivity contribution is 5.95. The number of fused-ring (bicyclic) bond motifs is 1. The van der Waals surface area contributed by atoms with Crippen LogP contribution in [0.5, 0.6) is 0 Å². The van der Waals surface area contributed by atoms with Gasteiger partial charge in [0, 0.05) is 23.8 Å². The Morgan fingerprint density at radius 3 is 3.15 bits per heavy atom. The molecule has 1 aromatic heterocycles. The number of carbonyl (C=O) groups is 1. The first-order chi connectivity index (χ1) is 9.76. The third-order valence-corrected chi connectivity index (χ3v) is 3.35. The number of hydrogen-bond acceptors (Lipinski definition) is 4. The molecule has 1 amide bonds. The molecular formula is C15H13N3O2. The van der Waals surface area contributed by atoms with E-state index in [2.05, 4.69) is 15.6 Å². The molecule has 1 aliphatic heterocycles. The summed E-state index contributed by atoms with van der Waals surface area (Å²) in [6.07, 6.45) is 9.46. The smallest absolute Gasteiger partial charge is 0.257 e. The highest BCUT2D eigenvalue weighted by atomic mass is 16.1. The van der Waals surface area contributed by atoms with Crippen molar-refractivity contribution in [2.75, 3.05) is 0 Å². The van der Waals surface area contributed by atoms with Crippen LogP contribution in [0.25, 0.3) is 0 Å². The van der Waals surface area contributed by atoms with E-state index in [4.69, 9.17) is 0 Å². The molecule has 2 heterocycles. The molecule has 5 heteroatoms. The fourth-order valence-electron chi connectivity index (χ4n) is 2.36. The zero-order valence-corrected chi connectivity index (χ0v) is 10.8. The van der Waals surface area contributed by atoms with Crippen LogP contribution in [0.4, 0.5) is 0 Å². The van der Waals surface area contributed by atoms with Gasteiger partial charge < -0.3 is 10.6 Å². The average Bonchev–Trinajstić information content (AvgIpc) is 2.94. The van der Waals surface area contributed by atoms with Gasteiger partial charge in [0.15, 0.2) is 5.94 Å². The van der Waals surface area contributed by atoms with E-state index in [9.17, 15) is 9.59 Å². The molecule has 0 fully saturated rings. The van der Waals surface area contributed by atoms with E-state index in [1.165, 1.54) is 6.08 Å². The summed E-state index contributed by atoms with van der Waals surface area (Å²) < 4.78 is 0. The molecule has 2 aliphatic rings. The molecule has 0 unspecified atom stereocenters. The van der Waals surface area contributed by atoms with Crippen molar-refractivity contribution in [1.29, 1.82) is 0 Å². The summed E-state index contributed by atoms with van der Waals surface area (Å²) >= 11 is 0. The first-order valence-corrected chi connectivity index (χ1v) is 6.45. The van der Waals surface area contributed by atoms with Gasteiger partial charge in [-0.15, -0.1) is 0 Å². The van der Waals surface area contributed by atoms with Crippen LogP contribution in [0.2, 0.25) is 0 Å². The Morgan fingerprint density at radius 2 is 2.30 bits per heavy atom. The van der Waals surface area contributed by atoms with Crippen LogP contribution in [0.3, 0.4) is 0 Å². The zero-order chi connectivity index (χ0) is 13.9. The highest BCUT2D eigenvalue weighted by Gasteiger charge is 2.16. The quantitative estimate of drug-likeness (QED) is 0.785. The molecule has 0 aromatic carbocycles. The molecule has 5 nitrogen and oxygen atoms in total. The van der Waals surface area contributed by atoms with Gasteiger partial charge in [-0.05, 0) is 43.0 Å². The van der Waals surface area contributed by atoms with E-state index in [1.54, 1.807) is 24.4 Å². The number of aryl methyl sites for hydroxylation is 2. The lowest BCUT2D eigenvalue weighted by molar-refractivity contribution is 0.0966. The number of hydrogen-bond donors (Lipinski definition) is 2. The molecule has 0 saturated heterocycles. The maximum absolute atomic E-state index is 12.2. The highest BCUT2D eigenvalue weighted by Crippen LogP contribution is 2.20. The number of carbonyl (C=O) groups excluding carboxylic acids is 2. The van der Waals surface area contributed by atoms with Gasteiger partial charge in [0.2, 0.25) is 0 Å². The summed E-state index contributed by atoms with van der Waals surface area (Å²) in [6, 6.07) is 1.90. The van der Waals surface area contributed by atoms with E-state index in [1.807, 2.05) is 6.07 Å². The molecule has 1 aliphatic carbocycles. The minimum absolute atomic E-state index is 0.227. The van der Waals surface area contributed by atoms with Gasteiger partial charge in [0.25, 0.3) is 5.91 Å². The first-order valence-electron chi connectivity index (χ1n) is 6.45. The Bertz CT molecular complexity index is 682. The lowest BCUT2D eigenvalue weighted by atomic mass is 10.1. The van der Waals surface area contributed by atoms with Crippen LogP contribution in [-0.4, -0.2) is 16.8 Å². The van der Waals surface area contributed by atoms with Gasteiger partial charge in [-0.1, -0.05) is 0 Å². The molecule has 3 rings (SSSR count). The molecule has 0 spiro atoms. The topological polar surface area (TPSA) is 71.1 Å². The van der Waals surface area contributed by atoms with Gasteiger partial charge in [0.1, 0.15) is 5.70 Å². The fourth-order valence-corrected chi connectivity index (χ4v) is 2.36. The van der Waals surface area contributed by atoms with Crippen LogP contribution < -0.4 is 10.6 Å². The maximum Gasteiger partial charge on any atom is 0.257 e. The van der Waals surface area contributed by atoms with Crippen molar-refractivity contribution in [3.63, 3.8) is 0 Å². The van der Waals surface area contributed by atoms with Gasteiger partial charge in [0.05, 0.1) is 5.56 Å². The fraction of sp³-hybridized carbons (Fsp3) is 0.200. The number of dihydropyridines is 1. The van der Waals surface area contributed by atoms with Crippen molar-refractivity contribution in [3.05, 3.63) is 58.8 Å². The maximum atomic E-state index is 12.2. The summed E-state index contributed by atoms with van der Waals surface area (Å²) in [7, 11) is 0. The Balaban J connectivity index is 1.78. The van der Waals surface area contributed by atoms with Crippen molar-refractivity contribution in [2.24, 2.45) is 0 Å². The Hall–Kier alpha value is -2.65. The summed E-state index contributed by atoms with van der Waals surface area (Å²) in [6.45, 7) is 0. The second-order valence-corrected chi connectivity index (χ2v) is 4.73. The van der Waals surface area contributed by atoms with Crippen LogP contribution >= 0.6 is 0 Å². The zero-order valence-electron chi connectivity index (χ0n) is 10.8. The van der Waals surface area contributed by atoms with E-state index < -0.39 is 0 Å². The summed E-state index contributed by atoms with van der Waals surface area (Å²) in [5.41, 5.74) is 3.62. The van der Waals surface area contributed by atoms with Crippen molar-refractivity contribution < 1.29 is 9.59 Å². The molecule has 0 bridgehead atoms. The molecule has 0 saturated carbocycles. The van der Waals surface area contributed by atoms with E-state index in [0.29, 0.717) is 11.3 Å². The van der Waals surface area contributed by atoms with E-state index in [0.717, 1.165) is 30.5 Å². The first kappa shape index (κ1) is 12.4. The van der Waals surface area contributed by atoms with Gasteiger partial charge in [-0.25, -0.2) is 4.79 Å². The largest absolute Gasteiger partial charge is 0.353 e. The SMILES string of the molecule is O=C=C1C=C(NC(=O)c2cnc3c(c2)CCC3)C=CN1. The predicted octanol–water partition coefficient (Wildman–Crippen LogP) is 1.02. The standard InChI is InChI=1S/C15H13N3O2/c19-9-13-7-12(4-5-16-13)18-15(20)11-6-10-2-1-3-14(10)17-8-11/h4-8,16H,1-3H2,(H,18,20). The number of nitrogens with one attached hydrogen (secondary N) is 2. The monoisotopic (exact) mass is 267 g/mol. The molecular weight excluding hydrogens is 254 g/mol. The average molecular weight is 267 g/mol. The Kier molecular flexibility index (Phi) is 3.19. The van der Waals surface area contributed by atoms with Gasteiger partial charge in [-0.3, -0.25) is 9.78 Å². The number of rotatable bonds is 2. The molecule has 2 N–H and O–H groups in total. The van der Waals surface area contributed by atoms with Crippen LogP contribution in [-0.2, 0) is 17.6 Å². The molecule has 20 heavy (non-hydrogen) atoms. The third kappa shape index (κ3) is 2.39. The second-order valence-electron chi connectivity index (χ2n) is 4.73.